The molecule has 0 atom stereocenters. The zero-order chi connectivity index (χ0) is 16.8. The number of hydrogen-bond acceptors (Lipinski definition) is 5. The molecule has 1 N–H and O–H groups in total. The summed E-state index contributed by atoms with van der Waals surface area (Å²) < 4.78 is 11.0. The number of carbonyl (C=O) groups is 1. The monoisotopic (exact) mass is 347 g/mol. The molecule has 1 fully saturated rings. The van der Waals surface area contributed by atoms with Gasteiger partial charge in [-0.3, -0.25) is 4.79 Å². The molecule has 0 aliphatic carbocycles. The summed E-state index contributed by atoms with van der Waals surface area (Å²) in [6, 6.07) is 10.6. The van der Waals surface area contributed by atoms with E-state index in [4.69, 9.17) is 20.8 Å². The van der Waals surface area contributed by atoms with Crippen molar-refractivity contribution in [1.29, 1.82) is 0 Å². The molecule has 0 bridgehead atoms. The quantitative estimate of drug-likeness (QED) is 0.644. The number of carbonyl (C=O) groups excluding carboxylic acids is 1. The van der Waals surface area contributed by atoms with Gasteiger partial charge in [0.05, 0.1) is 6.21 Å². The van der Waals surface area contributed by atoms with Gasteiger partial charge < -0.3 is 14.1 Å². The molecule has 0 unspecified atom stereocenters. The first-order valence-corrected chi connectivity index (χ1v) is 8.13. The van der Waals surface area contributed by atoms with Gasteiger partial charge >= 0.3 is 0 Å². The number of rotatable bonds is 6. The summed E-state index contributed by atoms with van der Waals surface area (Å²) >= 11 is 5.84. The number of ether oxygens (including phenoxy) is 1. The lowest BCUT2D eigenvalue weighted by molar-refractivity contribution is -0.123. The van der Waals surface area contributed by atoms with E-state index in [9.17, 15) is 4.79 Å². The van der Waals surface area contributed by atoms with Crippen molar-refractivity contribution >= 4 is 29.6 Å². The molecule has 1 aliphatic heterocycles. The highest BCUT2D eigenvalue weighted by molar-refractivity contribution is 6.30. The predicted octanol–water partition coefficient (Wildman–Crippen LogP) is 3.06. The normalized spacial score (nSPS) is 14.3. The SMILES string of the molecule is O=C(COc1cccc(Cl)c1)N/N=C/c1ccc(N2CCCC2)o1. The van der Waals surface area contributed by atoms with E-state index in [0.717, 1.165) is 19.0 Å². The average Bonchev–Trinajstić information content (AvgIpc) is 3.24. The van der Waals surface area contributed by atoms with Gasteiger partial charge in [0.25, 0.3) is 5.91 Å². The minimum atomic E-state index is -0.363. The van der Waals surface area contributed by atoms with E-state index in [2.05, 4.69) is 15.4 Å². The maximum atomic E-state index is 11.7. The summed E-state index contributed by atoms with van der Waals surface area (Å²) in [7, 11) is 0. The number of hydrazone groups is 1. The molecular formula is C17H18ClN3O3. The molecule has 0 spiro atoms. The highest BCUT2D eigenvalue weighted by Crippen LogP contribution is 2.22. The Labute approximate surface area is 145 Å². The first-order valence-electron chi connectivity index (χ1n) is 7.76. The molecule has 1 aromatic heterocycles. The van der Waals surface area contributed by atoms with Crippen LogP contribution in [-0.2, 0) is 4.79 Å². The van der Waals surface area contributed by atoms with Gasteiger partial charge in [-0.1, -0.05) is 17.7 Å². The number of anilines is 1. The molecule has 0 radical (unpaired) electrons. The molecule has 2 heterocycles. The molecule has 1 amide bonds. The summed E-state index contributed by atoms with van der Waals surface area (Å²) in [4.78, 5) is 13.9. The number of nitrogens with one attached hydrogen (secondary N) is 1. The molecule has 6 nitrogen and oxygen atoms in total. The van der Waals surface area contributed by atoms with Crippen molar-refractivity contribution in [1.82, 2.24) is 5.43 Å². The lowest BCUT2D eigenvalue weighted by Gasteiger charge is -2.12. The molecule has 2 aromatic rings. The van der Waals surface area contributed by atoms with Gasteiger partial charge in [0.2, 0.25) is 0 Å². The maximum absolute atomic E-state index is 11.7. The van der Waals surface area contributed by atoms with Crippen LogP contribution < -0.4 is 15.1 Å². The summed E-state index contributed by atoms with van der Waals surface area (Å²) in [5.74, 6) is 1.60. The molecule has 0 saturated carbocycles. The van der Waals surface area contributed by atoms with Gasteiger partial charge in [0.15, 0.2) is 12.5 Å². The van der Waals surface area contributed by atoms with Crippen LogP contribution in [0.15, 0.2) is 45.9 Å². The zero-order valence-electron chi connectivity index (χ0n) is 13.1. The molecular weight excluding hydrogens is 330 g/mol. The van der Waals surface area contributed by atoms with E-state index in [1.54, 1.807) is 24.3 Å². The topological polar surface area (TPSA) is 67.1 Å². The smallest absolute Gasteiger partial charge is 0.277 e. The molecule has 126 valence electrons. The van der Waals surface area contributed by atoms with E-state index in [1.807, 2.05) is 12.1 Å². The van der Waals surface area contributed by atoms with Crippen molar-refractivity contribution in [3.63, 3.8) is 0 Å². The Bertz CT molecular complexity index is 723. The van der Waals surface area contributed by atoms with E-state index in [1.165, 1.54) is 19.1 Å². The number of hydrogen-bond donors (Lipinski definition) is 1. The average molecular weight is 348 g/mol. The molecule has 3 rings (SSSR count). The van der Waals surface area contributed by atoms with Crippen LogP contribution in [0.5, 0.6) is 5.75 Å². The zero-order valence-corrected chi connectivity index (χ0v) is 13.8. The van der Waals surface area contributed by atoms with Gasteiger partial charge in [-0.05, 0) is 37.1 Å². The highest BCUT2D eigenvalue weighted by Gasteiger charge is 2.15. The number of halogens is 1. The third-order valence-electron chi connectivity index (χ3n) is 3.58. The summed E-state index contributed by atoms with van der Waals surface area (Å²) in [6.45, 7) is 1.89. The van der Waals surface area contributed by atoms with Gasteiger partial charge in [-0.15, -0.1) is 0 Å². The van der Waals surface area contributed by atoms with Crippen LogP contribution in [0.2, 0.25) is 5.02 Å². The first-order chi connectivity index (χ1) is 11.7. The molecule has 1 aromatic carbocycles. The third kappa shape index (κ3) is 4.52. The lowest BCUT2D eigenvalue weighted by atomic mass is 10.3. The molecule has 1 saturated heterocycles. The van der Waals surface area contributed by atoms with Crippen LogP contribution in [0.3, 0.4) is 0 Å². The fraction of sp³-hybridized carbons (Fsp3) is 0.294. The molecule has 1 aliphatic rings. The van der Waals surface area contributed by atoms with Crippen molar-refractivity contribution in [2.75, 3.05) is 24.6 Å². The number of amides is 1. The van der Waals surface area contributed by atoms with Gasteiger partial charge in [0.1, 0.15) is 11.5 Å². The molecule has 24 heavy (non-hydrogen) atoms. The second-order valence-electron chi connectivity index (χ2n) is 5.41. The Balaban J connectivity index is 1.44. The van der Waals surface area contributed by atoms with Crippen molar-refractivity contribution in [2.24, 2.45) is 5.10 Å². The van der Waals surface area contributed by atoms with Gasteiger partial charge in [-0.25, -0.2) is 5.43 Å². The number of furan rings is 1. The molecule has 7 heteroatoms. The second-order valence-corrected chi connectivity index (χ2v) is 5.85. The van der Waals surface area contributed by atoms with Crippen molar-refractivity contribution in [3.05, 3.63) is 47.2 Å². The van der Waals surface area contributed by atoms with Crippen molar-refractivity contribution in [3.8, 4) is 5.75 Å². The minimum Gasteiger partial charge on any atom is -0.484 e. The van der Waals surface area contributed by atoms with E-state index >= 15 is 0 Å². The highest BCUT2D eigenvalue weighted by atomic mass is 35.5. The summed E-state index contributed by atoms with van der Waals surface area (Å²) in [5.41, 5.74) is 2.39. The van der Waals surface area contributed by atoms with E-state index in [0.29, 0.717) is 16.5 Å². The summed E-state index contributed by atoms with van der Waals surface area (Å²) in [6.07, 6.45) is 3.84. The largest absolute Gasteiger partial charge is 0.484 e. The Kier molecular flexibility index (Phi) is 5.38. The van der Waals surface area contributed by atoms with E-state index in [-0.39, 0.29) is 12.5 Å². The van der Waals surface area contributed by atoms with Gasteiger partial charge in [-0.2, -0.15) is 5.10 Å². The Morgan fingerprint density at radius 3 is 2.96 bits per heavy atom. The van der Waals surface area contributed by atoms with Crippen molar-refractivity contribution in [2.45, 2.75) is 12.8 Å². The maximum Gasteiger partial charge on any atom is 0.277 e. The van der Waals surface area contributed by atoms with Crippen LogP contribution in [0.1, 0.15) is 18.6 Å². The fourth-order valence-corrected chi connectivity index (χ4v) is 2.61. The number of benzene rings is 1. The van der Waals surface area contributed by atoms with Gasteiger partial charge in [0, 0.05) is 24.2 Å². The summed E-state index contributed by atoms with van der Waals surface area (Å²) in [5, 5.41) is 4.42. The van der Waals surface area contributed by atoms with Crippen LogP contribution >= 0.6 is 11.6 Å². The van der Waals surface area contributed by atoms with Crippen LogP contribution in [0, 0.1) is 0 Å². The minimum absolute atomic E-state index is 0.144. The predicted molar refractivity (Wildman–Crippen MR) is 92.8 cm³/mol. The van der Waals surface area contributed by atoms with Crippen molar-refractivity contribution < 1.29 is 13.9 Å². The second kappa shape index (κ2) is 7.88. The third-order valence-corrected chi connectivity index (χ3v) is 3.81. The Morgan fingerprint density at radius 2 is 2.17 bits per heavy atom. The Morgan fingerprint density at radius 1 is 1.33 bits per heavy atom. The van der Waals surface area contributed by atoms with Crippen LogP contribution in [-0.4, -0.2) is 31.8 Å². The number of nitrogens with zero attached hydrogens (tertiary/aromatic N) is 2. The van der Waals surface area contributed by atoms with Crippen LogP contribution in [0.4, 0.5) is 5.88 Å². The Hall–Kier alpha value is -2.47. The van der Waals surface area contributed by atoms with E-state index < -0.39 is 0 Å². The lowest BCUT2D eigenvalue weighted by Crippen LogP contribution is -2.24. The first kappa shape index (κ1) is 16.4. The standard InChI is InChI=1S/C17H18ClN3O3/c18-13-4-3-5-14(10-13)23-12-16(22)20-19-11-15-6-7-17(24-15)21-8-1-2-9-21/h3-7,10-11H,1-2,8-9,12H2,(H,20,22)/b19-11+. The van der Waals surface area contributed by atoms with Crippen LogP contribution in [0.25, 0.3) is 0 Å². The fourth-order valence-electron chi connectivity index (χ4n) is 2.42.